The van der Waals surface area contributed by atoms with Gasteiger partial charge in [-0.3, -0.25) is 14.2 Å². The summed E-state index contributed by atoms with van der Waals surface area (Å²) in [5.74, 6) is -0.621. The van der Waals surface area contributed by atoms with E-state index < -0.39 is 26.6 Å². The molecule has 0 aliphatic heterocycles. The van der Waals surface area contributed by atoms with E-state index in [4.69, 9.17) is 13.8 Å². The summed E-state index contributed by atoms with van der Waals surface area (Å²) in [7, 11) is 1.13. The summed E-state index contributed by atoms with van der Waals surface area (Å²) in [6.45, 7) is 6.64. The molecule has 398 valence electrons. The van der Waals surface area contributed by atoms with Gasteiger partial charge in [0.1, 0.15) is 19.3 Å². The van der Waals surface area contributed by atoms with Crippen molar-refractivity contribution in [1.82, 2.24) is 5.32 Å². The van der Waals surface area contributed by atoms with E-state index in [9.17, 15) is 19.0 Å². The number of unbranched alkanes of at least 4 members (excludes halogenated alkanes) is 21. The van der Waals surface area contributed by atoms with Crippen LogP contribution in [0.1, 0.15) is 226 Å². The van der Waals surface area contributed by atoms with Gasteiger partial charge in [0.2, 0.25) is 5.91 Å². The number of carbonyl (C=O) groups excluding carboxylic acids is 2. The lowest BCUT2D eigenvalue weighted by atomic mass is 10.1. The van der Waals surface area contributed by atoms with Crippen molar-refractivity contribution in [2.75, 3.05) is 40.9 Å². The van der Waals surface area contributed by atoms with Gasteiger partial charge in [-0.25, -0.2) is 0 Å². The van der Waals surface area contributed by atoms with Gasteiger partial charge in [0.15, 0.2) is 0 Å². The van der Waals surface area contributed by atoms with Gasteiger partial charge in [0.05, 0.1) is 33.8 Å². The Labute approximate surface area is 425 Å². The number of hydrogen-bond acceptors (Lipinski definition) is 7. The molecule has 9 nitrogen and oxygen atoms in total. The molecule has 0 radical (unpaired) electrons. The van der Waals surface area contributed by atoms with Crippen LogP contribution < -0.4 is 10.2 Å². The highest BCUT2D eigenvalue weighted by atomic mass is 31.2. The van der Waals surface area contributed by atoms with E-state index in [0.717, 1.165) is 83.5 Å². The maximum atomic E-state index is 13.4. The van der Waals surface area contributed by atoms with Crippen LogP contribution in [0, 0.1) is 0 Å². The van der Waals surface area contributed by atoms with E-state index in [1.807, 2.05) is 33.3 Å². The second-order valence-corrected chi connectivity index (χ2v) is 21.1. The molecule has 1 N–H and O–H groups in total. The van der Waals surface area contributed by atoms with Crippen LogP contribution in [0.5, 0.6) is 0 Å². The summed E-state index contributed by atoms with van der Waals surface area (Å²) in [5.41, 5.74) is 0. The molecule has 3 atom stereocenters. The molecule has 0 aromatic carbocycles. The van der Waals surface area contributed by atoms with Crippen molar-refractivity contribution in [3.63, 3.8) is 0 Å². The second-order valence-electron chi connectivity index (χ2n) is 19.7. The number of esters is 1. The van der Waals surface area contributed by atoms with Crippen LogP contribution in [0.4, 0.5) is 0 Å². The quantitative estimate of drug-likeness (QED) is 0.0212. The zero-order chi connectivity index (χ0) is 50.8. The molecule has 69 heavy (non-hydrogen) atoms. The number of rotatable bonds is 49. The molecule has 3 unspecified atom stereocenters. The van der Waals surface area contributed by atoms with Crippen LogP contribution in [-0.4, -0.2) is 69.4 Å². The fourth-order valence-corrected chi connectivity index (χ4v) is 8.21. The van der Waals surface area contributed by atoms with E-state index in [1.54, 1.807) is 0 Å². The third kappa shape index (κ3) is 49.9. The Morgan fingerprint density at radius 2 is 0.942 bits per heavy atom. The molecule has 0 bridgehead atoms. The first-order valence-electron chi connectivity index (χ1n) is 27.9. The molecule has 0 saturated carbocycles. The summed E-state index contributed by atoms with van der Waals surface area (Å²) in [5, 5.41) is 2.98. The molecule has 0 heterocycles. The van der Waals surface area contributed by atoms with Crippen molar-refractivity contribution < 1.29 is 37.3 Å². The fourth-order valence-electron chi connectivity index (χ4n) is 7.49. The fraction of sp³-hybridized carbons (Fsp3) is 0.729. The SMILES string of the molecule is CC/C=C/C/C=C/CCCCCCCCCC(=O)OC(/C=C/CCCCCCCCCCCC)C(COP(=O)([O-])OCC[N+](C)(C)C)NC(=O)CCC/C=C\C/C=C\C/C=C\C/C=C\CCCCC. The topological polar surface area (TPSA) is 114 Å². The summed E-state index contributed by atoms with van der Waals surface area (Å²) in [6.07, 6.45) is 62.7. The van der Waals surface area contributed by atoms with Crippen molar-refractivity contribution >= 4 is 19.7 Å². The van der Waals surface area contributed by atoms with Crippen molar-refractivity contribution in [2.24, 2.45) is 0 Å². The third-order valence-electron chi connectivity index (χ3n) is 11.8. The van der Waals surface area contributed by atoms with Gasteiger partial charge >= 0.3 is 5.97 Å². The van der Waals surface area contributed by atoms with Crippen LogP contribution in [0.2, 0.25) is 0 Å². The molecule has 10 heteroatoms. The molecule has 1 amide bonds. The number of likely N-dealkylation sites (N-methyl/N-ethyl adjacent to an activating group) is 1. The Hall–Kier alpha value is -2.81. The molecule has 0 aromatic rings. The Morgan fingerprint density at radius 3 is 1.45 bits per heavy atom. The molecular formula is C59H105N2O7P. The highest BCUT2D eigenvalue weighted by molar-refractivity contribution is 7.45. The second kappa shape index (κ2) is 48.8. The number of allylic oxidation sites excluding steroid dienone is 13. The minimum absolute atomic E-state index is 0.0372. The van der Waals surface area contributed by atoms with Crippen LogP contribution in [0.25, 0.3) is 0 Å². The average molecular weight is 985 g/mol. The number of ether oxygens (including phenoxy) is 1. The molecule has 0 spiro atoms. The van der Waals surface area contributed by atoms with Gasteiger partial charge in [-0.1, -0.05) is 202 Å². The zero-order valence-corrected chi connectivity index (χ0v) is 46.1. The largest absolute Gasteiger partial charge is 0.756 e. The van der Waals surface area contributed by atoms with Gasteiger partial charge in [-0.2, -0.15) is 0 Å². The normalized spacial score (nSPS) is 14.5. The molecule has 0 saturated heterocycles. The number of nitrogens with zero attached hydrogens (tertiary/aromatic N) is 1. The Kier molecular flexibility index (Phi) is 46.8. The van der Waals surface area contributed by atoms with Crippen LogP contribution in [-0.2, 0) is 27.9 Å². The first kappa shape index (κ1) is 66.2. The minimum atomic E-state index is -4.71. The molecule has 0 aromatic heterocycles. The smallest absolute Gasteiger partial charge is 0.306 e. The van der Waals surface area contributed by atoms with Crippen LogP contribution >= 0.6 is 7.82 Å². The monoisotopic (exact) mass is 985 g/mol. The lowest BCUT2D eigenvalue weighted by molar-refractivity contribution is -0.870. The number of phosphoric ester groups is 1. The van der Waals surface area contributed by atoms with E-state index in [0.29, 0.717) is 23.9 Å². The summed E-state index contributed by atoms with van der Waals surface area (Å²) < 4.78 is 30.1. The number of hydrogen-bond donors (Lipinski definition) is 1. The third-order valence-corrected chi connectivity index (χ3v) is 12.8. The summed E-state index contributed by atoms with van der Waals surface area (Å²) >= 11 is 0. The van der Waals surface area contributed by atoms with Crippen molar-refractivity contribution in [1.29, 1.82) is 0 Å². The van der Waals surface area contributed by atoms with Crippen molar-refractivity contribution in [2.45, 2.75) is 238 Å². The van der Waals surface area contributed by atoms with Gasteiger partial charge in [-0.05, 0) is 96.0 Å². The predicted octanol–water partition coefficient (Wildman–Crippen LogP) is 16.0. The van der Waals surface area contributed by atoms with Crippen molar-refractivity contribution in [3.8, 4) is 0 Å². The number of phosphoric acid groups is 1. The highest BCUT2D eigenvalue weighted by Gasteiger charge is 2.27. The van der Waals surface area contributed by atoms with Gasteiger partial charge in [0, 0.05) is 12.8 Å². The minimum Gasteiger partial charge on any atom is -0.756 e. The number of quaternary nitrogens is 1. The Bertz CT molecular complexity index is 1460. The Balaban J connectivity index is 5.48. The van der Waals surface area contributed by atoms with Gasteiger partial charge < -0.3 is 28.5 Å². The molecule has 0 aliphatic carbocycles. The van der Waals surface area contributed by atoms with E-state index >= 15 is 0 Å². The highest BCUT2D eigenvalue weighted by Crippen LogP contribution is 2.38. The van der Waals surface area contributed by atoms with E-state index in [1.165, 1.54) is 96.3 Å². The summed E-state index contributed by atoms with van der Waals surface area (Å²) in [6, 6.07) is -0.922. The average Bonchev–Trinajstić information content (AvgIpc) is 3.31. The Morgan fingerprint density at radius 1 is 0.522 bits per heavy atom. The van der Waals surface area contributed by atoms with E-state index in [-0.39, 0.29) is 31.3 Å². The van der Waals surface area contributed by atoms with Crippen molar-refractivity contribution in [3.05, 3.63) is 85.1 Å². The zero-order valence-electron chi connectivity index (χ0n) is 45.2. The number of nitrogens with one attached hydrogen (secondary N) is 1. The lowest BCUT2D eigenvalue weighted by Crippen LogP contribution is -2.47. The van der Waals surface area contributed by atoms with Crippen LogP contribution in [0.15, 0.2) is 85.1 Å². The number of amides is 1. The number of carbonyl (C=O) groups is 2. The standard InChI is InChI=1S/C59H105N2O7P/c1-7-10-13-16-19-22-25-28-30-31-32-33-36-39-42-45-48-51-58(62)60-56(55-67-69(64,65)66-54-53-61(4,5)6)57(50-47-44-41-38-35-27-24-21-18-15-12-9-3)68-59(63)52-49-46-43-40-37-34-29-26-23-20-17-14-11-8-2/h11,14,19-20,22-23,28,30,32-33,39,42,47,50,56-57H,7-10,12-13,15-18,21,24-27,29,31,34-38,40-41,43-46,48-49,51-55H2,1-6H3,(H-,60,62,64,65)/b14-11+,22-19-,23-20+,30-28-,33-32-,42-39-,50-47+. The van der Waals surface area contributed by atoms with Gasteiger partial charge in [0.25, 0.3) is 7.82 Å². The lowest BCUT2D eigenvalue weighted by Gasteiger charge is -2.30. The first-order chi connectivity index (χ1) is 33.4. The predicted molar refractivity (Wildman–Crippen MR) is 293 cm³/mol. The maximum Gasteiger partial charge on any atom is 0.306 e. The molecule has 0 aliphatic rings. The van der Waals surface area contributed by atoms with Gasteiger partial charge in [-0.15, -0.1) is 0 Å². The van der Waals surface area contributed by atoms with Crippen LogP contribution in [0.3, 0.4) is 0 Å². The molecule has 0 fully saturated rings. The molecule has 0 rings (SSSR count). The first-order valence-corrected chi connectivity index (χ1v) is 29.4. The molecular weight excluding hydrogens is 880 g/mol. The van der Waals surface area contributed by atoms with E-state index in [2.05, 4.69) is 99.0 Å². The summed E-state index contributed by atoms with van der Waals surface area (Å²) in [4.78, 5) is 39.8. The maximum absolute atomic E-state index is 13.4.